The lowest BCUT2D eigenvalue weighted by Gasteiger charge is -2.16. The van der Waals surface area contributed by atoms with Crippen molar-refractivity contribution in [2.24, 2.45) is 0 Å². The van der Waals surface area contributed by atoms with Gasteiger partial charge in [0.05, 0.1) is 0 Å². The summed E-state index contributed by atoms with van der Waals surface area (Å²) >= 11 is 0. The Morgan fingerprint density at radius 1 is 0.581 bits per heavy atom. The molecule has 0 aliphatic rings. The van der Waals surface area contributed by atoms with Crippen molar-refractivity contribution in [2.45, 2.75) is 101 Å². The highest BCUT2D eigenvalue weighted by Crippen LogP contribution is 2.29. The van der Waals surface area contributed by atoms with E-state index >= 15 is 0 Å². The summed E-state index contributed by atoms with van der Waals surface area (Å²) in [4.78, 5) is 0. The molecule has 0 spiro atoms. The normalized spacial score (nSPS) is 14.8. The zero-order valence-corrected chi connectivity index (χ0v) is 22.1. The fourth-order valence-corrected chi connectivity index (χ4v) is 3.55. The fraction of sp³-hybridized carbons (Fsp3) is 0.484. The Hall–Kier alpha value is -2.08. The van der Waals surface area contributed by atoms with Gasteiger partial charge in [-0.3, -0.25) is 0 Å². The number of hydrogen-bond donors (Lipinski definition) is 0. The SMILES string of the molecule is C=C(C)C(C)=CC(CC)=C(C)C(C)=C(C=C(CC)C(=C)CC)CC=C(CC)C(=C)CC. The van der Waals surface area contributed by atoms with Gasteiger partial charge in [-0.05, 0) is 105 Å². The van der Waals surface area contributed by atoms with Gasteiger partial charge < -0.3 is 0 Å². The van der Waals surface area contributed by atoms with Crippen LogP contribution in [0.3, 0.4) is 0 Å². The quantitative estimate of drug-likeness (QED) is 0.260. The second-order valence-electron chi connectivity index (χ2n) is 8.49. The molecule has 0 bridgehead atoms. The third-order valence-corrected chi connectivity index (χ3v) is 6.41. The van der Waals surface area contributed by atoms with E-state index in [4.69, 9.17) is 0 Å². The van der Waals surface area contributed by atoms with Gasteiger partial charge in [0.2, 0.25) is 0 Å². The minimum atomic E-state index is 0.923. The minimum absolute atomic E-state index is 0.923. The number of allylic oxidation sites excluding steroid dienone is 13. The van der Waals surface area contributed by atoms with Gasteiger partial charge in [-0.1, -0.05) is 89.3 Å². The van der Waals surface area contributed by atoms with Crippen molar-refractivity contribution in [3.05, 3.63) is 93.7 Å². The van der Waals surface area contributed by atoms with E-state index in [0.29, 0.717) is 0 Å². The van der Waals surface area contributed by atoms with Gasteiger partial charge in [0.1, 0.15) is 0 Å². The Morgan fingerprint density at radius 2 is 1.06 bits per heavy atom. The zero-order chi connectivity index (χ0) is 24.1. The van der Waals surface area contributed by atoms with Crippen molar-refractivity contribution in [1.82, 2.24) is 0 Å². The molecule has 0 nitrogen and oxygen atoms in total. The summed E-state index contributed by atoms with van der Waals surface area (Å²) in [6, 6.07) is 0. The van der Waals surface area contributed by atoms with E-state index in [1.165, 1.54) is 50.2 Å². The maximum absolute atomic E-state index is 4.31. The largest absolute Gasteiger partial charge is 0.0958 e. The van der Waals surface area contributed by atoms with Crippen LogP contribution in [-0.2, 0) is 0 Å². The lowest BCUT2D eigenvalue weighted by molar-refractivity contribution is 1.000. The third-order valence-electron chi connectivity index (χ3n) is 6.41. The molecule has 31 heavy (non-hydrogen) atoms. The van der Waals surface area contributed by atoms with Crippen LogP contribution in [0.25, 0.3) is 0 Å². The molecular formula is C31H48. The van der Waals surface area contributed by atoms with Crippen LogP contribution in [0.4, 0.5) is 0 Å². The maximum Gasteiger partial charge on any atom is -0.00887 e. The first-order chi connectivity index (χ1) is 14.6. The van der Waals surface area contributed by atoms with E-state index < -0.39 is 0 Å². The minimum Gasteiger partial charge on any atom is -0.0958 e. The van der Waals surface area contributed by atoms with Gasteiger partial charge in [0.25, 0.3) is 0 Å². The smallest absolute Gasteiger partial charge is 0.00887 e. The number of rotatable bonds is 13. The van der Waals surface area contributed by atoms with Gasteiger partial charge in [0.15, 0.2) is 0 Å². The van der Waals surface area contributed by atoms with Crippen LogP contribution in [0, 0.1) is 0 Å². The average molecular weight is 421 g/mol. The molecule has 0 aliphatic carbocycles. The van der Waals surface area contributed by atoms with E-state index in [2.05, 4.69) is 100 Å². The molecule has 0 aromatic rings. The Balaban J connectivity index is 6.74. The highest BCUT2D eigenvalue weighted by atomic mass is 14.1. The summed E-state index contributed by atoms with van der Waals surface area (Å²) in [6.07, 6.45) is 13.0. The number of hydrogen-bond acceptors (Lipinski definition) is 0. The van der Waals surface area contributed by atoms with Gasteiger partial charge >= 0.3 is 0 Å². The standard InChI is InChI=1S/C31H48/c1-13-23(8)28(15-3)18-19-31(21-29(16-4)24(9)14-2)27(12)26(11)30(17-5)20-25(10)22(6)7/h18,20-21H,6,8-9,13-17,19H2,1-5,7,10-12H3. The summed E-state index contributed by atoms with van der Waals surface area (Å²) in [5.41, 5.74) is 13.1. The second-order valence-corrected chi connectivity index (χ2v) is 8.49. The monoisotopic (exact) mass is 420 g/mol. The lowest BCUT2D eigenvalue weighted by Crippen LogP contribution is -1.96. The van der Waals surface area contributed by atoms with Crippen molar-refractivity contribution in [3.8, 4) is 0 Å². The Kier molecular flexibility index (Phi) is 13.8. The van der Waals surface area contributed by atoms with Crippen molar-refractivity contribution in [2.75, 3.05) is 0 Å². The first-order valence-electron chi connectivity index (χ1n) is 12.1. The molecule has 0 amide bonds. The molecular weight excluding hydrogens is 372 g/mol. The van der Waals surface area contributed by atoms with Gasteiger partial charge in [-0.25, -0.2) is 0 Å². The average Bonchev–Trinajstić information content (AvgIpc) is 2.77. The molecule has 172 valence electrons. The maximum atomic E-state index is 4.31. The van der Waals surface area contributed by atoms with Crippen LogP contribution in [0.2, 0.25) is 0 Å². The Labute approximate surface area is 194 Å². The zero-order valence-electron chi connectivity index (χ0n) is 22.1. The van der Waals surface area contributed by atoms with Gasteiger partial charge in [0, 0.05) is 0 Å². The predicted molar refractivity (Wildman–Crippen MR) is 144 cm³/mol. The summed E-state index contributed by atoms with van der Waals surface area (Å²) < 4.78 is 0. The van der Waals surface area contributed by atoms with Crippen LogP contribution in [0.5, 0.6) is 0 Å². The van der Waals surface area contributed by atoms with Gasteiger partial charge in [-0.2, -0.15) is 0 Å². The van der Waals surface area contributed by atoms with Crippen LogP contribution in [-0.4, -0.2) is 0 Å². The lowest BCUT2D eigenvalue weighted by atomic mass is 9.90. The molecule has 0 heteroatoms. The van der Waals surface area contributed by atoms with Crippen LogP contribution < -0.4 is 0 Å². The molecule has 0 saturated heterocycles. The van der Waals surface area contributed by atoms with Crippen molar-refractivity contribution in [1.29, 1.82) is 0 Å². The summed E-state index contributed by atoms with van der Waals surface area (Å²) in [7, 11) is 0. The highest BCUT2D eigenvalue weighted by molar-refractivity contribution is 5.48. The van der Waals surface area contributed by atoms with E-state index in [1.54, 1.807) is 0 Å². The molecule has 0 aliphatic heterocycles. The predicted octanol–water partition coefficient (Wildman–Crippen LogP) is 10.5. The second kappa shape index (κ2) is 14.8. The van der Waals surface area contributed by atoms with E-state index in [-0.39, 0.29) is 0 Å². The summed E-state index contributed by atoms with van der Waals surface area (Å²) in [5, 5.41) is 0. The summed E-state index contributed by atoms with van der Waals surface area (Å²) in [6.45, 7) is 32.5. The fourth-order valence-electron chi connectivity index (χ4n) is 3.55. The first-order valence-corrected chi connectivity index (χ1v) is 12.1. The summed E-state index contributed by atoms with van der Waals surface area (Å²) in [5.74, 6) is 0. The van der Waals surface area contributed by atoms with Gasteiger partial charge in [-0.15, -0.1) is 0 Å². The molecule has 0 radical (unpaired) electrons. The van der Waals surface area contributed by atoms with E-state index in [9.17, 15) is 0 Å². The molecule has 0 fully saturated rings. The Bertz CT molecular complexity index is 812. The van der Waals surface area contributed by atoms with Crippen LogP contribution >= 0.6 is 0 Å². The molecule has 0 atom stereocenters. The van der Waals surface area contributed by atoms with Crippen LogP contribution in [0.15, 0.2) is 93.7 Å². The molecule has 0 saturated carbocycles. The van der Waals surface area contributed by atoms with Crippen molar-refractivity contribution in [3.63, 3.8) is 0 Å². The highest BCUT2D eigenvalue weighted by Gasteiger charge is 2.09. The third kappa shape index (κ3) is 9.30. The van der Waals surface area contributed by atoms with Crippen molar-refractivity contribution < 1.29 is 0 Å². The molecule has 0 unspecified atom stereocenters. The molecule has 0 rings (SSSR count). The Morgan fingerprint density at radius 3 is 1.48 bits per heavy atom. The first kappa shape index (κ1) is 28.9. The molecule has 0 aromatic heterocycles. The molecule has 0 heterocycles. The van der Waals surface area contributed by atoms with E-state index in [0.717, 1.165) is 44.1 Å². The van der Waals surface area contributed by atoms with Crippen LogP contribution in [0.1, 0.15) is 101 Å². The topological polar surface area (TPSA) is 0 Å². The molecule has 0 aromatic carbocycles. The molecule has 0 N–H and O–H groups in total. The van der Waals surface area contributed by atoms with E-state index in [1.807, 2.05) is 0 Å². The van der Waals surface area contributed by atoms with Crippen molar-refractivity contribution >= 4 is 0 Å².